The van der Waals surface area contributed by atoms with E-state index in [9.17, 15) is 27.2 Å². The number of carbonyl (C=O) groups is 2. The van der Waals surface area contributed by atoms with Crippen LogP contribution in [0.3, 0.4) is 0 Å². The van der Waals surface area contributed by atoms with Crippen molar-refractivity contribution in [2.75, 3.05) is 41.8 Å². The molecule has 2 heterocycles. The number of carbonyl (C=O) groups excluding carboxylic acids is 2. The second-order valence-electron chi connectivity index (χ2n) is 8.81. The smallest absolute Gasteiger partial charge is 0.378 e. The number of urea groups is 1. The molecule has 2 amide bonds. The molecule has 8 nitrogen and oxygen atoms in total. The molecule has 0 spiro atoms. The lowest BCUT2D eigenvalue weighted by Gasteiger charge is -2.29. The van der Waals surface area contributed by atoms with Crippen molar-refractivity contribution in [2.24, 2.45) is 0 Å². The van der Waals surface area contributed by atoms with Gasteiger partial charge in [0.25, 0.3) is 0 Å². The van der Waals surface area contributed by atoms with Gasteiger partial charge in [-0.25, -0.2) is 19.2 Å². The maximum atomic E-state index is 14.6. The van der Waals surface area contributed by atoms with Crippen LogP contribution >= 0.6 is 11.6 Å². The number of ketones is 1. The van der Waals surface area contributed by atoms with Crippen LogP contribution in [0.25, 0.3) is 11.0 Å². The minimum absolute atomic E-state index is 0.00226. The van der Waals surface area contributed by atoms with Crippen molar-refractivity contribution >= 4 is 51.6 Å². The zero-order valence-electron chi connectivity index (χ0n) is 20.6. The number of alkyl halides is 3. The van der Waals surface area contributed by atoms with E-state index >= 15 is 0 Å². The van der Waals surface area contributed by atoms with Crippen molar-refractivity contribution in [3.8, 4) is 0 Å². The number of anilines is 3. The van der Waals surface area contributed by atoms with E-state index in [2.05, 4.69) is 20.6 Å². The Balaban J connectivity index is 1.42. The van der Waals surface area contributed by atoms with Crippen LogP contribution in [0.15, 0.2) is 60.7 Å². The van der Waals surface area contributed by atoms with Gasteiger partial charge < -0.3 is 20.3 Å². The first kappa shape index (κ1) is 27.3. The van der Waals surface area contributed by atoms with E-state index in [0.29, 0.717) is 49.2 Å². The third-order valence-corrected chi connectivity index (χ3v) is 6.35. The van der Waals surface area contributed by atoms with Gasteiger partial charge in [0.1, 0.15) is 5.82 Å². The first-order valence-electron chi connectivity index (χ1n) is 12.0. The fourth-order valence-electron chi connectivity index (χ4n) is 4.18. The van der Waals surface area contributed by atoms with E-state index in [4.69, 9.17) is 16.3 Å². The molecule has 1 fully saturated rings. The van der Waals surface area contributed by atoms with Gasteiger partial charge in [-0.1, -0.05) is 23.7 Å². The highest BCUT2D eigenvalue weighted by atomic mass is 35.5. The normalized spacial score (nSPS) is 13.8. The monoisotopic (exact) mass is 573 g/mol. The summed E-state index contributed by atoms with van der Waals surface area (Å²) in [6.45, 7) is 1.82. The van der Waals surface area contributed by atoms with E-state index in [1.54, 1.807) is 24.3 Å². The van der Waals surface area contributed by atoms with Gasteiger partial charge in [0.15, 0.2) is 11.5 Å². The summed E-state index contributed by atoms with van der Waals surface area (Å²) in [5.74, 6) is -1.13. The van der Waals surface area contributed by atoms with Crippen molar-refractivity contribution in [3.05, 3.63) is 88.3 Å². The highest BCUT2D eigenvalue weighted by molar-refractivity contribution is 6.31. The maximum absolute atomic E-state index is 14.6. The summed E-state index contributed by atoms with van der Waals surface area (Å²) in [4.78, 5) is 37.2. The summed E-state index contributed by atoms with van der Waals surface area (Å²) in [5.41, 5.74) is -0.482. The Kier molecular flexibility index (Phi) is 7.55. The SMILES string of the molecule is O=C(Nc1cc(F)cc(C(=O)c2nc3ccccc3nc2N2CCOCC2)c1)Nc1ccc(Cl)c(C(F)(F)F)c1. The number of aromatic nitrogens is 2. The van der Waals surface area contributed by atoms with Gasteiger partial charge in [-0.2, -0.15) is 13.2 Å². The maximum Gasteiger partial charge on any atom is 0.417 e. The molecule has 0 bridgehead atoms. The lowest BCUT2D eigenvalue weighted by Crippen LogP contribution is -2.38. The molecule has 40 heavy (non-hydrogen) atoms. The number of halogens is 5. The fraction of sp³-hybridized carbons (Fsp3) is 0.185. The Morgan fingerprint density at radius 2 is 1.57 bits per heavy atom. The molecule has 0 saturated carbocycles. The number of amides is 2. The Labute approximate surface area is 229 Å². The second kappa shape index (κ2) is 11.1. The van der Waals surface area contributed by atoms with Gasteiger partial charge in [-0.15, -0.1) is 0 Å². The van der Waals surface area contributed by atoms with Crippen LogP contribution in [0.2, 0.25) is 5.02 Å². The van der Waals surface area contributed by atoms with Gasteiger partial charge in [0.05, 0.1) is 34.8 Å². The molecule has 206 valence electrons. The third-order valence-electron chi connectivity index (χ3n) is 6.03. The minimum atomic E-state index is -4.73. The molecule has 1 aliphatic rings. The van der Waals surface area contributed by atoms with Gasteiger partial charge in [-0.05, 0) is 48.5 Å². The molecular weight excluding hydrogens is 554 g/mol. The van der Waals surface area contributed by atoms with Crippen LogP contribution in [0.1, 0.15) is 21.6 Å². The zero-order valence-corrected chi connectivity index (χ0v) is 21.3. The van der Waals surface area contributed by atoms with Gasteiger partial charge in [0.2, 0.25) is 5.78 Å². The van der Waals surface area contributed by atoms with E-state index in [1.165, 1.54) is 12.1 Å². The molecule has 1 aliphatic heterocycles. The summed E-state index contributed by atoms with van der Waals surface area (Å²) in [6.07, 6.45) is -4.73. The second-order valence-corrected chi connectivity index (χ2v) is 9.22. The number of nitrogens with one attached hydrogen (secondary N) is 2. The predicted molar refractivity (Wildman–Crippen MR) is 141 cm³/mol. The molecule has 13 heteroatoms. The van der Waals surface area contributed by atoms with Gasteiger partial charge in [0, 0.05) is 30.0 Å². The molecule has 1 saturated heterocycles. The molecule has 4 aromatic rings. The number of morpholine rings is 1. The van der Waals surface area contributed by atoms with Gasteiger partial charge >= 0.3 is 12.2 Å². The Bertz CT molecular complexity index is 1610. The first-order chi connectivity index (χ1) is 19.1. The highest BCUT2D eigenvalue weighted by Crippen LogP contribution is 2.36. The van der Waals surface area contributed by atoms with E-state index in [0.717, 1.165) is 18.2 Å². The topological polar surface area (TPSA) is 96.5 Å². The van der Waals surface area contributed by atoms with E-state index in [1.807, 2.05) is 4.90 Å². The Morgan fingerprint density at radius 3 is 2.27 bits per heavy atom. The van der Waals surface area contributed by atoms with Crippen LogP contribution in [0.4, 0.5) is 39.5 Å². The summed E-state index contributed by atoms with van der Waals surface area (Å²) in [6, 6.07) is 12.1. The molecule has 0 atom stereocenters. The minimum Gasteiger partial charge on any atom is -0.378 e. The Hall–Kier alpha value is -4.29. The zero-order chi connectivity index (χ0) is 28.4. The van der Waals surface area contributed by atoms with E-state index in [-0.39, 0.29) is 22.6 Å². The number of benzene rings is 3. The third kappa shape index (κ3) is 5.97. The highest BCUT2D eigenvalue weighted by Gasteiger charge is 2.33. The molecule has 0 radical (unpaired) electrons. The van der Waals surface area contributed by atoms with Crippen LogP contribution in [-0.2, 0) is 10.9 Å². The average Bonchev–Trinajstić information content (AvgIpc) is 2.92. The van der Waals surface area contributed by atoms with Crippen molar-refractivity contribution in [1.29, 1.82) is 0 Å². The fourth-order valence-corrected chi connectivity index (χ4v) is 4.41. The lowest BCUT2D eigenvalue weighted by atomic mass is 10.1. The van der Waals surface area contributed by atoms with Crippen molar-refractivity contribution in [3.63, 3.8) is 0 Å². The first-order valence-corrected chi connectivity index (χ1v) is 12.4. The molecule has 5 rings (SSSR count). The van der Waals surface area contributed by atoms with Gasteiger partial charge in [-0.3, -0.25) is 4.79 Å². The van der Waals surface area contributed by atoms with Crippen LogP contribution in [0, 0.1) is 5.82 Å². The predicted octanol–water partition coefficient (Wildman–Crippen LogP) is 6.15. The largest absolute Gasteiger partial charge is 0.417 e. The summed E-state index contributed by atoms with van der Waals surface area (Å²) >= 11 is 5.61. The number of rotatable bonds is 5. The van der Waals surface area contributed by atoms with Crippen molar-refractivity contribution < 1.29 is 31.9 Å². The van der Waals surface area contributed by atoms with E-state index < -0.39 is 34.4 Å². The quantitative estimate of drug-likeness (QED) is 0.219. The number of ether oxygens (including phenoxy) is 1. The molecule has 3 aromatic carbocycles. The summed E-state index contributed by atoms with van der Waals surface area (Å²) < 4.78 is 59.4. The average molecular weight is 574 g/mol. The number of hydrogen-bond acceptors (Lipinski definition) is 6. The molecule has 0 aliphatic carbocycles. The summed E-state index contributed by atoms with van der Waals surface area (Å²) in [5, 5.41) is 4.06. The van der Waals surface area contributed by atoms with Crippen LogP contribution in [0.5, 0.6) is 0 Å². The number of nitrogens with zero attached hydrogens (tertiary/aromatic N) is 3. The molecule has 0 unspecified atom stereocenters. The Morgan fingerprint density at radius 1 is 0.900 bits per heavy atom. The van der Waals surface area contributed by atoms with Crippen molar-refractivity contribution in [1.82, 2.24) is 9.97 Å². The number of para-hydroxylation sites is 2. The van der Waals surface area contributed by atoms with Crippen LogP contribution in [-0.4, -0.2) is 48.1 Å². The lowest BCUT2D eigenvalue weighted by molar-refractivity contribution is -0.137. The molecule has 2 N–H and O–H groups in total. The molecule has 1 aromatic heterocycles. The number of hydrogen-bond donors (Lipinski definition) is 2. The van der Waals surface area contributed by atoms with Crippen molar-refractivity contribution in [2.45, 2.75) is 6.18 Å². The van der Waals surface area contributed by atoms with Crippen LogP contribution < -0.4 is 15.5 Å². The number of fused-ring (bicyclic) bond motifs is 1. The summed E-state index contributed by atoms with van der Waals surface area (Å²) in [7, 11) is 0. The standard InChI is InChI=1S/C27H20ClF4N5O3/c28-20-6-5-17(14-19(20)27(30,31)32)33-26(39)34-18-12-15(11-16(29)13-18)24(38)23-25(37-7-9-40-10-8-37)36-22-4-2-1-3-21(22)35-23/h1-6,11-14H,7-10H2,(H2,33,34,39). The molecular formula is C27H20ClF4N5O3.